The monoisotopic (exact) mass is 589 g/mol. The van der Waals surface area contributed by atoms with E-state index in [-0.39, 0.29) is 5.91 Å². The van der Waals surface area contributed by atoms with Crippen molar-refractivity contribution in [3.05, 3.63) is 117 Å². The highest BCUT2D eigenvalue weighted by molar-refractivity contribution is 7.99. The Morgan fingerprint density at radius 2 is 1.10 bits per heavy atom. The van der Waals surface area contributed by atoms with Gasteiger partial charge in [0.25, 0.3) is 5.91 Å². The fourth-order valence-corrected chi connectivity index (χ4v) is 6.46. The Kier molecular flexibility index (Phi) is 11.8. The molecule has 0 saturated heterocycles. The van der Waals surface area contributed by atoms with Gasteiger partial charge < -0.3 is 4.90 Å². The summed E-state index contributed by atoms with van der Waals surface area (Å²) in [6.45, 7) is 18.4. The van der Waals surface area contributed by atoms with Crippen LogP contribution in [0.1, 0.15) is 57.6 Å². The highest BCUT2D eigenvalue weighted by Gasteiger charge is 2.17. The molecule has 0 atom stereocenters. The van der Waals surface area contributed by atoms with Gasteiger partial charge in [-0.15, -0.1) is 0 Å². The van der Waals surface area contributed by atoms with Crippen LogP contribution in [0.4, 0.5) is 0 Å². The first-order chi connectivity index (χ1) is 19.0. The van der Waals surface area contributed by atoms with Crippen LogP contribution in [0.2, 0.25) is 5.02 Å². The zero-order valence-electron chi connectivity index (χ0n) is 24.9. The minimum absolute atomic E-state index is 0.111. The summed E-state index contributed by atoms with van der Waals surface area (Å²) in [4.78, 5) is 19.4. The average Bonchev–Trinajstić information content (AvgIpc) is 2.93. The normalized spacial score (nSPS) is 10.6. The number of carbonyl (C=O) groups is 1. The van der Waals surface area contributed by atoms with Gasteiger partial charge in [0.15, 0.2) is 0 Å². The van der Waals surface area contributed by atoms with E-state index in [2.05, 4.69) is 77.9 Å². The van der Waals surface area contributed by atoms with E-state index in [0.29, 0.717) is 0 Å². The first-order valence-corrected chi connectivity index (χ1v) is 15.7. The Morgan fingerprint density at radius 3 is 1.62 bits per heavy atom. The average molecular weight is 590 g/mol. The van der Waals surface area contributed by atoms with Gasteiger partial charge in [-0.05, 0) is 137 Å². The number of carbonyl (C=O) groups excluding carboxylic acids is 1. The third kappa shape index (κ3) is 8.42. The number of benzene rings is 4. The van der Waals surface area contributed by atoms with Crippen LogP contribution in [0.3, 0.4) is 0 Å². The van der Waals surface area contributed by atoms with Crippen LogP contribution in [0.25, 0.3) is 0 Å². The third-order valence-electron chi connectivity index (χ3n) is 7.01. The van der Waals surface area contributed by atoms with Gasteiger partial charge in [-0.3, -0.25) is 4.79 Å². The molecule has 210 valence electrons. The quantitative estimate of drug-likeness (QED) is 0.214. The van der Waals surface area contributed by atoms with Crippen LogP contribution in [0.15, 0.2) is 92.4 Å². The lowest BCUT2D eigenvalue weighted by Crippen LogP contribution is -2.30. The van der Waals surface area contributed by atoms with E-state index >= 15 is 0 Å². The lowest BCUT2D eigenvalue weighted by Gasteiger charge is -2.20. The molecule has 2 nitrogen and oxygen atoms in total. The molecule has 0 saturated carbocycles. The standard InChI is InChI=1S/C20H25NOS.C15H15ClS/c1-6-21(7-2)20(22)17-10-8-9-11-18(17)23-19-13-15(4)14(3)12-16(19)5;1-10-8-12(3)15(9-11(10)2)17-14-6-4-13(16)5-7-14/h8-13H,6-7H2,1-5H3;4-9H,1-3H3. The fraction of sp³-hybridized carbons (Fsp3) is 0.286. The SMILES string of the molecule is CCN(CC)C(=O)c1ccccc1Sc1cc(C)c(C)cc1C.Cc1cc(C)c(Sc2ccc(Cl)cc2)cc1C. The molecule has 0 aromatic heterocycles. The van der Waals surface area contributed by atoms with Crippen LogP contribution in [0.5, 0.6) is 0 Å². The smallest absolute Gasteiger partial charge is 0.254 e. The maximum atomic E-state index is 12.7. The molecule has 0 fully saturated rings. The second kappa shape index (κ2) is 14.8. The number of hydrogen-bond donors (Lipinski definition) is 0. The first-order valence-electron chi connectivity index (χ1n) is 13.7. The van der Waals surface area contributed by atoms with Gasteiger partial charge in [0.1, 0.15) is 0 Å². The number of nitrogens with zero attached hydrogens (tertiary/aromatic N) is 1. The largest absolute Gasteiger partial charge is 0.339 e. The molecule has 0 heterocycles. The van der Waals surface area contributed by atoms with Gasteiger partial charge >= 0.3 is 0 Å². The van der Waals surface area contributed by atoms with Crippen molar-refractivity contribution in [3.63, 3.8) is 0 Å². The van der Waals surface area contributed by atoms with Gasteiger partial charge in [0, 0.05) is 37.7 Å². The van der Waals surface area contributed by atoms with Crippen LogP contribution in [-0.2, 0) is 0 Å². The van der Waals surface area contributed by atoms with Crippen molar-refractivity contribution >= 4 is 41.0 Å². The molecular weight excluding hydrogens is 550 g/mol. The summed E-state index contributed by atoms with van der Waals surface area (Å²) in [5.41, 5.74) is 8.65. The van der Waals surface area contributed by atoms with Crippen LogP contribution < -0.4 is 0 Å². The van der Waals surface area contributed by atoms with Crippen LogP contribution in [-0.4, -0.2) is 23.9 Å². The molecule has 5 heteroatoms. The van der Waals surface area contributed by atoms with Gasteiger partial charge in [0.05, 0.1) is 5.56 Å². The minimum Gasteiger partial charge on any atom is -0.339 e. The summed E-state index contributed by atoms with van der Waals surface area (Å²) < 4.78 is 0. The highest BCUT2D eigenvalue weighted by Crippen LogP contribution is 2.35. The molecule has 0 radical (unpaired) electrons. The lowest BCUT2D eigenvalue weighted by molar-refractivity contribution is 0.0769. The van der Waals surface area contributed by atoms with E-state index in [1.807, 2.05) is 55.1 Å². The molecule has 4 aromatic rings. The van der Waals surface area contributed by atoms with Crippen molar-refractivity contribution in [1.29, 1.82) is 0 Å². The van der Waals surface area contributed by atoms with E-state index in [1.165, 1.54) is 48.1 Å². The van der Waals surface area contributed by atoms with Crippen molar-refractivity contribution in [3.8, 4) is 0 Å². The molecule has 4 rings (SSSR count). The predicted octanol–water partition coefficient (Wildman–Crippen LogP) is 10.7. The van der Waals surface area contributed by atoms with Gasteiger partial charge in [-0.2, -0.15) is 0 Å². The van der Waals surface area contributed by atoms with E-state index < -0.39 is 0 Å². The summed E-state index contributed by atoms with van der Waals surface area (Å²) >= 11 is 9.35. The zero-order valence-corrected chi connectivity index (χ0v) is 27.3. The molecule has 0 bridgehead atoms. The predicted molar refractivity (Wildman–Crippen MR) is 175 cm³/mol. The Bertz CT molecular complexity index is 1460. The number of amides is 1. The van der Waals surface area contributed by atoms with E-state index in [9.17, 15) is 4.79 Å². The van der Waals surface area contributed by atoms with Crippen LogP contribution in [0, 0.1) is 41.5 Å². The minimum atomic E-state index is 0.111. The van der Waals surface area contributed by atoms with Crippen molar-refractivity contribution in [2.75, 3.05) is 13.1 Å². The lowest BCUT2D eigenvalue weighted by atomic mass is 10.1. The zero-order chi connectivity index (χ0) is 29.4. The van der Waals surface area contributed by atoms with E-state index in [1.54, 1.807) is 23.5 Å². The Morgan fingerprint density at radius 1 is 0.625 bits per heavy atom. The molecule has 0 aliphatic carbocycles. The fourth-order valence-electron chi connectivity index (χ4n) is 4.25. The molecule has 1 amide bonds. The summed E-state index contributed by atoms with van der Waals surface area (Å²) in [6, 6.07) is 24.8. The van der Waals surface area contributed by atoms with Crippen molar-refractivity contribution in [2.24, 2.45) is 0 Å². The van der Waals surface area contributed by atoms with Crippen molar-refractivity contribution in [2.45, 2.75) is 75.0 Å². The molecule has 0 aliphatic rings. The van der Waals surface area contributed by atoms with Gasteiger partial charge in [0.2, 0.25) is 0 Å². The molecule has 40 heavy (non-hydrogen) atoms. The number of aryl methyl sites for hydroxylation is 6. The Balaban J connectivity index is 0.000000230. The van der Waals surface area contributed by atoms with E-state index in [0.717, 1.165) is 28.6 Å². The second-order valence-corrected chi connectivity index (χ2v) is 12.7. The molecule has 4 aromatic carbocycles. The number of hydrogen-bond acceptors (Lipinski definition) is 3. The Hall–Kier alpha value is -2.66. The van der Waals surface area contributed by atoms with Gasteiger partial charge in [-0.25, -0.2) is 0 Å². The summed E-state index contributed by atoms with van der Waals surface area (Å²) in [7, 11) is 0. The van der Waals surface area contributed by atoms with E-state index in [4.69, 9.17) is 11.6 Å². The molecule has 0 aliphatic heterocycles. The summed E-state index contributed by atoms with van der Waals surface area (Å²) in [5.74, 6) is 0.111. The Labute approximate surface area is 254 Å². The molecule has 0 unspecified atom stereocenters. The van der Waals surface area contributed by atoms with Gasteiger partial charge in [-0.1, -0.05) is 59.4 Å². The molecule has 0 N–H and O–H groups in total. The summed E-state index contributed by atoms with van der Waals surface area (Å²) in [6.07, 6.45) is 0. The molecular formula is C35H40ClNOS2. The maximum absolute atomic E-state index is 12.7. The third-order valence-corrected chi connectivity index (χ3v) is 9.67. The number of rotatable bonds is 7. The maximum Gasteiger partial charge on any atom is 0.254 e. The van der Waals surface area contributed by atoms with Crippen molar-refractivity contribution < 1.29 is 4.79 Å². The molecule has 0 spiro atoms. The number of halogens is 1. The highest BCUT2D eigenvalue weighted by atomic mass is 35.5. The first kappa shape index (κ1) is 31.9. The van der Waals surface area contributed by atoms with Crippen LogP contribution >= 0.6 is 35.1 Å². The van der Waals surface area contributed by atoms with Crippen molar-refractivity contribution in [1.82, 2.24) is 4.90 Å². The second-order valence-electron chi connectivity index (χ2n) is 10.0. The topological polar surface area (TPSA) is 20.3 Å². The summed E-state index contributed by atoms with van der Waals surface area (Å²) in [5, 5.41) is 0.783.